The summed E-state index contributed by atoms with van der Waals surface area (Å²) in [6.07, 6.45) is 11.0. The van der Waals surface area contributed by atoms with Gasteiger partial charge in [0, 0.05) is 65.6 Å². The number of nitrogens with zero attached hydrogens (tertiary/aromatic N) is 7. The summed E-state index contributed by atoms with van der Waals surface area (Å²) >= 11 is 1.65. The minimum Gasteiger partial charge on any atom is -0.437 e. The van der Waals surface area contributed by atoms with Crippen molar-refractivity contribution < 1.29 is 4.42 Å². The van der Waals surface area contributed by atoms with Gasteiger partial charge >= 0.3 is 0 Å². The monoisotopic (exact) mass is 537 g/mol. The van der Waals surface area contributed by atoms with Gasteiger partial charge in [-0.1, -0.05) is 18.2 Å². The van der Waals surface area contributed by atoms with Crippen LogP contribution in [0.3, 0.4) is 0 Å². The zero-order valence-corrected chi connectivity index (χ0v) is 22.1. The first kappa shape index (κ1) is 21.7. The Bertz CT molecular complexity index is 2290. The van der Waals surface area contributed by atoms with Crippen LogP contribution in [-0.2, 0) is 0 Å². The Morgan fingerprint density at radius 3 is 2.75 bits per heavy atom. The number of hydrogen-bond acceptors (Lipinski definition) is 8. The Kier molecular flexibility index (Phi) is 4.31. The van der Waals surface area contributed by atoms with Gasteiger partial charge in [0.15, 0.2) is 0 Å². The third kappa shape index (κ3) is 2.86. The van der Waals surface area contributed by atoms with Crippen molar-refractivity contribution in [2.24, 2.45) is 4.99 Å². The molecule has 1 aliphatic heterocycles. The zero-order valence-electron chi connectivity index (χ0n) is 21.2. The fourth-order valence-corrected chi connectivity index (χ4v) is 7.03. The molecule has 8 aromatic rings. The molecular formula is C31H19N7OS. The highest BCUT2D eigenvalue weighted by Crippen LogP contribution is 2.48. The summed E-state index contributed by atoms with van der Waals surface area (Å²) in [5.41, 5.74) is 8.65. The van der Waals surface area contributed by atoms with Crippen LogP contribution in [0.2, 0.25) is 0 Å². The second-order valence-corrected chi connectivity index (χ2v) is 11.0. The molecule has 0 radical (unpaired) electrons. The second kappa shape index (κ2) is 7.93. The van der Waals surface area contributed by atoms with Crippen molar-refractivity contribution in [3.63, 3.8) is 0 Å². The smallest absolute Gasteiger partial charge is 0.222 e. The molecule has 9 heteroatoms. The molecule has 0 saturated carbocycles. The van der Waals surface area contributed by atoms with Crippen LogP contribution in [0.25, 0.3) is 70.0 Å². The molecule has 0 fully saturated rings. The number of para-hydroxylation sites is 1. The maximum Gasteiger partial charge on any atom is 0.222 e. The highest BCUT2D eigenvalue weighted by atomic mass is 32.1. The number of benzene rings is 2. The van der Waals surface area contributed by atoms with Gasteiger partial charge in [-0.2, -0.15) is 0 Å². The van der Waals surface area contributed by atoms with Crippen molar-refractivity contribution >= 4 is 82.3 Å². The van der Waals surface area contributed by atoms with Crippen LogP contribution in [0.4, 0.5) is 11.6 Å². The fraction of sp³-hybridized carbons (Fsp3) is 0.0645. The number of pyridine rings is 2. The van der Waals surface area contributed by atoms with E-state index in [1.54, 1.807) is 17.7 Å². The largest absolute Gasteiger partial charge is 0.437 e. The number of anilines is 1. The van der Waals surface area contributed by atoms with Crippen molar-refractivity contribution in [3.8, 4) is 16.8 Å². The van der Waals surface area contributed by atoms with Gasteiger partial charge in [-0.25, -0.2) is 9.97 Å². The molecule has 0 aliphatic carbocycles. The highest BCUT2D eigenvalue weighted by molar-refractivity contribution is 7.26. The van der Waals surface area contributed by atoms with E-state index in [2.05, 4.69) is 72.9 Å². The summed E-state index contributed by atoms with van der Waals surface area (Å²) in [7, 11) is 2.03. The van der Waals surface area contributed by atoms with E-state index in [0.717, 1.165) is 81.6 Å². The van der Waals surface area contributed by atoms with Crippen LogP contribution in [0, 0.1) is 0 Å². The van der Waals surface area contributed by atoms with Gasteiger partial charge < -0.3 is 13.9 Å². The lowest BCUT2D eigenvalue weighted by Crippen LogP contribution is -2.20. The van der Waals surface area contributed by atoms with Gasteiger partial charge in [0.05, 0.1) is 32.4 Å². The molecular weight excluding hydrogens is 518 g/mol. The van der Waals surface area contributed by atoms with Gasteiger partial charge in [-0.15, -0.1) is 11.3 Å². The van der Waals surface area contributed by atoms with E-state index >= 15 is 0 Å². The third-order valence-electron chi connectivity index (χ3n) is 7.69. The Morgan fingerprint density at radius 2 is 1.77 bits per heavy atom. The number of fused-ring (bicyclic) bond motifs is 9. The minimum atomic E-state index is 0.698. The van der Waals surface area contributed by atoms with Crippen LogP contribution in [-0.4, -0.2) is 44.3 Å². The molecule has 8 nitrogen and oxygen atoms in total. The lowest BCUT2D eigenvalue weighted by molar-refractivity contribution is 0.606. The number of aromatic nitrogens is 5. The quantitative estimate of drug-likeness (QED) is 0.230. The van der Waals surface area contributed by atoms with E-state index in [9.17, 15) is 0 Å². The molecule has 190 valence electrons. The number of aliphatic imine (C=N–C) groups is 1. The average molecular weight is 538 g/mol. The standard InChI is InChI=1S/C31H19N7OS/c1-37-11-10-35-26-21-13-17(38-23-5-3-2-4-18(23)22-14-32-8-7-24(22)38)12-20(29(21)39-31(26)37)19-6-9-34-28-27-25(40-30(19)28)15-33-16-36-27/h2-10,12-16H,11H2,1H3. The van der Waals surface area contributed by atoms with Crippen LogP contribution in [0.15, 0.2) is 89.1 Å². The normalized spacial score (nSPS) is 13.4. The van der Waals surface area contributed by atoms with Crippen molar-refractivity contribution in [2.45, 2.75) is 0 Å². The first-order valence-corrected chi connectivity index (χ1v) is 13.7. The summed E-state index contributed by atoms with van der Waals surface area (Å²) in [6, 6.07) is 17.0. The third-order valence-corrected chi connectivity index (χ3v) is 8.83. The molecule has 2 aromatic carbocycles. The molecule has 0 bridgehead atoms. The molecule has 9 rings (SSSR count). The SMILES string of the molecule is CN1CC=Nc2c1oc1c(-c3ccnc4c3sc3cncnc34)cc(-n3c4ccccc4c4cnccc43)cc21. The van der Waals surface area contributed by atoms with E-state index in [-0.39, 0.29) is 0 Å². The Morgan fingerprint density at radius 1 is 0.850 bits per heavy atom. The van der Waals surface area contributed by atoms with Crippen molar-refractivity contribution in [1.82, 2.24) is 24.5 Å². The maximum atomic E-state index is 6.61. The summed E-state index contributed by atoms with van der Waals surface area (Å²) in [5, 5.41) is 3.24. The van der Waals surface area contributed by atoms with E-state index in [4.69, 9.17) is 14.4 Å². The molecule has 1 aliphatic rings. The van der Waals surface area contributed by atoms with E-state index in [1.807, 2.05) is 38.0 Å². The van der Waals surface area contributed by atoms with E-state index in [1.165, 1.54) is 0 Å². The molecule has 0 amide bonds. The van der Waals surface area contributed by atoms with Gasteiger partial charge in [0.1, 0.15) is 28.6 Å². The molecule has 0 N–H and O–H groups in total. The van der Waals surface area contributed by atoms with Gasteiger partial charge in [-0.3, -0.25) is 15.0 Å². The molecule has 0 spiro atoms. The van der Waals surface area contributed by atoms with Gasteiger partial charge in [-0.05, 0) is 30.3 Å². The van der Waals surface area contributed by atoms with Crippen molar-refractivity contribution in [2.75, 3.05) is 18.5 Å². The van der Waals surface area contributed by atoms with Gasteiger partial charge in [0.25, 0.3) is 0 Å². The predicted molar refractivity (Wildman–Crippen MR) is 161 cm³/mol. The molecule has 0 unspecified atom stereocenters. The van der Waals surface area contributed by atoms with Crippen LogP contribution >= 0.6 is 11.3 Å². The Balaban J connectivity index is 1.44. The highest BCUT2D eigenvalue weighted by Gasteiger charge is 2.25. The van der Waals surface area contributed by atoms with Crippen LogP contribution < -0.4 is 4.90 Å². The topological polar surface area (TPSA) is 85.2 Å². The minimum absolute atomic E-state index is 0.698. The van der Waals surface area contributed by atoms with E-state index < -0.39 is 0 Å². The second-order valence-electron chi connectivity index (χ2n) is 9.94. The first-order valence-electron chi connectivity index (χ1n) is 12.9. The fourth-order valence-electron chi connectivity index (χ4n) is 5.92. The molecule has 40 heavy (non-hydrogen) atoms. The first-order chi connectivity index (χ1) is 19.8. The van der Waals surface area contributed by atoms with E-state index in [0.29, 0.717) is 6.54 Å². The predicted octanol–water partition coefficient (Wildman–Crippen LogP) is 7.30. The van der Waals surface area contributed by atoms with Crippen molar-refractivity contribution in [1.29, 1.82) is 0 Å². The van der Waals surface area contributed by atoms with Gasteiger partial charge in [0.2, 0.25) is 5.88 Å². The molecule has 6 aromatic heterocycles. The Labute approximate surface area is 230 Å². The number of hydrogen-bond donors (Lipinski definition) is 0. The van der Waals surface area contributed by atoms with Crippen LogP contribution in [0.5, 0.6) is 0 Å². The lowest BCUT2D eigenvalue weighted by Gasteiger charge is -2.17. The number of rotatable bonds is 2. The number of furan rings is 1. The summed E-state index contributed by atoms with van der Waals surface area (Å²) in [5.74, 6) is 0.773. The molecule has 7 heterocycles. The summed E-state index contributed by atoms with van der Waals surface area (Å²) in [4.78, 5) is 24.8. The Hall–Kier alpha value is -5.15. The summed E-state index contributed by atoms with van der Waals surface area (Å²) < 4.78 is 11.0. The maximum absolute atomic E-state index is 6.61. The van der Waals surface area contributed by atoms with Crippen molar-refractivity contribution in [3.05, 3.63) is 79.6 Å². The molecule has 0 atom stereocenters. The molecule has 0 saturated heterocycles. The average Bonchev–Trinajstić information content (AvgIpc) is 3.67. The summed E-state index contributed by atoms with van der Waals surface area (Å²) in [6.45, 7) is 0.698. The lowest BCUT2D eigenvalue weighted by atomic mass is 10.0. The zero-order chi connectivity index (χ0) is 26.4. The number of thiophene rings is 1. The van der Waals surface area contributed by atoms with Crippen LogP contribution in [0.1, 0.15) is 0 Å².